The van der Waals surface area contributed by atoms with Gasteiger partial charge in [-0.2, -0.15) is 0 Å². The van der Waals surface area contributed by atoms with Crippen molar-refractivity contribution in [1.29, 1.82) is 0 Å². The van der Waals surface area contributed by atoms with Crippen LogP contribution in [0.15, 0.2) is 0 Å². The number of nitrogens with zero attached hydrogens (tertiary/aromatic N) is 2. The summed E-state index contributed by atoms with van der Waals surface area (Å²) in [5, 5.41) is 6.80. The van der Waals surface area contributed by atoms with Crippen molar-refractivity contribution in [2.75, 3.05) is 24.2 Å². The summed E-state index contributed by atoms with van der Waals surface area (Å²) in [4.78, 5) is 9.31. The number of aromatic nitrogens is 2. The second-order valence-corrected chi connectivity index (χ2v) is 6.69. The standard InChI is InChI=1S/C17H30N4/c1-5-9-14-20-15(18-4)13(2)16(21-14)19-12-17(3)10-7-6-8-11-17/h5-12H2,1-4H3,(H2,18,19,20,21). The maximum absolute atomic E-state index is 4.72. The summed E-state index contributed by atoms with van der Waals surface area (Å²) in [5.74, 6) is 2.89. The van der Waals surface area contributed by atoms with E-state index in [4.69, 9.17) is 4.98 Å². The Morgan fingerprint density at radius 1 is 1.10 bits per heavy atom. The van der Waals surface area contributed by atoms with Crippen LogP contribution in [0, 0.1) is 12.3 Å². The minimum absolute atomic E-state index is 0.417. The molecular formula is C17H30N4. The third kappa shape index (κ3) is 4.08. The Hall–Kier alpha value is -1.32. The number of anilines is 2. The molecule has 0 spiro atoms. The topological polar surface area (TPSA) is 49.8 Å². The molecule has 1 saturated carbocycles. The molecule has 21 heavy (non-hydrogen) atoms. The molecule has 0 aromatic carbocycles. The summed E-state index contributed by atoms with van der Waals surface area (Å²) in [6.07, 6.45) is 8.78. The molecule has 0 bridgehead atoms. The average Bonchev–Trinajstić information content (AvgIpc) is 2.48. The Kier molecular flexibility index (Phi) is 5.43. The fourth-order valence-corrected chi connectivity index (χ4v) is 3.19. The van der Waals surface area contributed by atoms with Crippen LogP contribution < -0.4 is 10.6 Å². The minimum atomic E-state index is 0.417. The lowest BCUT2D eigenvalue weighted by atomic mass is 9.76. The number of hydrogen-bond acceptors (Lipinski definition) is 4. The van der Waals surface area contributed by atoms with Crippen molar-refractivity contribution in [2.24, 2.45) is 5.41 Å². The van der Waals surface area contributed by atoms with Gasteiger partial charge >= 0.3 is 0 Å². The van der Waals surface area contributed by atoms with Crippen LogP contribution in [0.4, 0.5) is 11.6 Å². The molecule has 0 radical (unpaired) electrons. The van der Waals surface area contributed by atoms with E-state index >= 15 is 0 Å². The Bertz CT molecular complexity index is 464. The zero-order valence-corrected chi connectivity index (χ0v) is 14.1. The van der Waals surface area contributed by atoms with E-state index in [1.54, 1.807) is 0 Å². The molecular weight excluding hydrogens is 260 g/mol. The highest BCUT2D eigenvalue weighted by Gasteiger charge is 2.26. The van der Waals surface area contributed by atoms with Crippen molar-refractivity contribution in [1.82, 2.24) is 9.97 Å². The predicted octanol–water partition coefficient (Wildman–Crippen LogP) is 4.16. The third-order valence-corrected chi connectivity index (χ3v) is 4.65. The van der Waals surface area contributed by atoms with Gasteiger partial charge < -0.3 is 10.6 Å². The van der Waals surface area contributed by atoms with Gasteiger partial charge in [0, 0.05) is 25.6 Å². The number of aryl methyl sites for hydroxylation is 1. The van der Waals surface area contributed by atoms with Crippen LogP contribution in [-0.4, -0.2) is 23.6 Å². The van der Waals surface area contributed by atoms with Crippen molar-refractivity contribution in [3.63, 3.8) is 0 Å². The quantitative estimate of drug-likeness (QED) is 0.826. The highest BCUT2D eigenvalue weighted by atomic mass is 15.1. The maximum atomic E-state index is 4.72. The van der Waals surface area contributed by atoms with Crippen molar-refractivity contribution in [3.05, 3.63) is 11.4 Å². The Labute approximate surface area is 129 Å². The lowest BCUT2D eigenvalue weighted by molar-refractivity contribution is 0.233. The van der Waals surface area contributed by atoms with Gasteiger partial charge in [0.25, 0.3) is 0 Å². The van der Waals surface area contributed by atoms with Crippen LogP contribution in [0.3, 0.4) is 0 Å². The van der Waals surface area contributed by atoms with Crippen LogP contribution in [0.1, 0.15) is 63.8 Å². The molecule has 1 heterocycles. The molecule has 0 unspecified atom stereocenters. The fraction of sp³-hybridized carbons (Fsp3) is 0.765. The van der Waals surface area contributed by atoms with Gasteiger partial charge in [-0.1, -0.05) is 33.1 Å². The first-order valence-corrected chi connectivity index (χ1v) is 8.37. The van der Waals surface area contributed by atoms with Gasteiger partial charge in [-0.05, 0) is 31.6 Å². The second kappa shape index (κ2) is 7.10. The molecule has 1 aliphatic rings. The smallest absolute Gasteiger partial charge is 0.134 e. The van der Waals surface area contributed by atoms with Crippen LogP contribution in [0.2, 0.25) is 0 Å². The van der Waals surface area contributed by atoms with Gasteiger partial charge in [-0.3, -0.25) is 0 Å². The summed E-state index contributed by atoms with van der Waals surface area (Å²) >= 11 is 0. The molecule has 1 aromatic heterocycles. The van der Waals surface area contributed by atoms with Gasteiger partial charge in [0.2, 0.25) is 0 Å². The first kappa shape index (κ1) is 16.1. The molecule has 0 saturated heterocycles. The molecule has 4 heteroatoms. The SMILES string of the molecule is CCCc1nc(NC)c(C)c(NCC2(C)CCCCC2)n1. The number of hydrogen-bond donors (Lipinski definition) is 2. The van der Waals surface area contributed by atoms with Crippen molar-refractivity contribution >= 4 is 11.6 Å². The van der Waals surface area contributed by atoms with E-state index < -0.39 is 0 Å². The third-order valence-electron chi connectivity index (χ3n) is 4.65. The van der Waals surface area contributed by atoms with Gasteiger partial charge in [0.1, 0.15) is 17.5 Å². The molecule has 1 fully saturated rings. The Balaban J connectivity index is 2.12. The summed E-state index contributed by atoms with van der Waals surface area (Å²) < 4.78 is 0. The van der Waals surface area contributed by atoms with E-state index in [1.807, 2.05) is 7.05 Å². The second-order valence-electron chi connectivity index (χ2n) is 6.69. The molecule has 0 amide bonds. The summed E-state index contributed by atoms with van der Waals surface area (Å²) in [7, 11) is 1.93. The molecule has 2 N–H and O–H groups in total. The number of rotatable bonds is 6. The van der Waals surface area contributed by atoms with Gasteiger partial charge in [0.15, 0.2) is 0 Å². The van der Waals surface area contributed by atoms with E-state index in [9.17, 15) is 0 Å². The highest BCUT2D eigenvalue weighted by Crippen LogP contribution is 2.36. The van der Waals surface area contributed by atoms with Gasteiger partial charge in [-0.25, -0.2) is 9.97 Å². The molecule has 2 rings (SSSR count). The van der Waals surface area contributed by atoms with Crippen molar-refractivity contribution in [2.45, 2.75) is 65.7 Å². The van der Waals surface area contributed by atoms with Crippen LogP contribution in [-0.2, 0) is 6.42 Å². The van der Waals surface area contributed by atoms with Crippen LogP contribution in [0.5, 0.6) is 0 Å². The highest BCUT2D eigenvalue weighted by molar-refractivity contribution is 5.57. The summed E-state index contributed by atoms with van der Waals surface area (Å²) in [5.41, 5.74) is 1.54. The molecule has 0 aliphatic heterocycles. The zero-order valence-electron chi connectivity index (χ0n) is 14.1. The van der Waals surface area contributed by atoms with E-state index in [2.05, 4.69) is 36.4 Å². The molecule has 1 aliphatic carbocycles. The van der Waals surface area contributed by atoms with E-state index in [-0.39, 0.29) is 0 Å². The average molecular weight is 290 g/mol. The van der Waals surface area contributed by atoms with Crippen molar-refractivity contribution in [3.8, 4) is 0 Å². The van der Waals surface area contributed by atoms with Crippen LogP contribution >= 0.6 is 0 Å². The lowest BCUT2D eigenvalue weighted by Crippen LogP contribution is -2.29. The fourth-order valence-electron chi connectivity index (χ4n) is 3.19. The Morgan fingerprint density at radius 2 is 1.76 bits per heavy atom. The minimum Gasteiger partial charge on any atom is -0.373 e. The van der Waals surface area contributed by atoms with E-state index in [0.29, 0.717) is 5.41 Å². The predicted molar refractivity (Wildman–Crippen MR) is 90.0 cm³/mol. The largest absolute Gasteiger partial charge is 0.373 e. The number of nitrogens with one attached hydrogen (secondary N) is 2. The first-order valence-electron chi connectivity index (χ1n) is 8.37. The molecule has 1 aromatic rings. The van der Waals surface area contributed by atoms with Gasteiger partial charge in [-0.15, -0.1) is 0 Å². The van der Waals surface area contributed by atoms with E-state index in [0.717, 1.165) is 42.4 Å². The molecule has 4 nitrogen and oxygen atoms in total. The maximum Gasteiger partial charge on any atom is 0.134 e. The van der Waals surface area contributed by atoms with Crippen molar-refractivity contribution < 1.29 is 0 Å². The molecule has 0 atom stereocenters. The monoisotopic (exact) mass is 290 g/mol. The zero-order chi connectivity index (χ0) is 15.3. The van der Waals surface area contributed by atoms with Gasteiger partial charge in [0.05, 0.1) is 0 Å². The summed E-state index contributed by atoms with van der Waals surface area (Å²) in [6.45, 7) is 7.67. The lowest BCUT2D eigenvalue weighted by Gasteiger charge is -2.34. The molecule has 118 valence electrons. The summed E-state index contributed by atoms with van der Waals surface area (Å²) in [6, 6.07) is 0. The first-order chi connectivity index (χ1) is 10.1. The van der Waals surface area contributed by atoms with Crippen LogP contribution in [0.25, 0.3) is 0 Å². The Morgan fingerprint density at radius 3 is 2.38 bits per heavy atom. The van der Waals surface area contributed by atoms with E-state index in [1.165, 1.54) is 32.1 Å². The normalized spacial score (nSPS) is 17.5.